The van der Waals surface area contributed by atoms with E-state index in [0.717, 1.165) is 6.42 Å². The number of nitrogens with zero attached hydrogens (tertiary/aromatic N) is 2. The van der Waals surface area contributed by atoms with Crippen LogP contribution in [-0.2, 0) is 0 Å². The van der Waals surface area contributed by atoms with E-state index in [-0.39, 0.29) is 34.2 Å². The normalized spacial score (nSPS) is 10.6. The third-order valence-electron chi connectivity index (χ3n) is 4.50. The Labute approximate surface area is 167 Å². The standard InChI is InChI=1S/C21H20N4O4/c1-3-7-23-21(28)19-17(22)16-6-4-5-15(18(16)24-25-19)12-8-13(10-26)20(29-2)14(9-12)11-27/h4-6,8-11H,3,7H2,1-2H3,(H2,22,24)(H,23,28). The number of hydrogen-bond donors (Lipinski definition) is 2. The third kappa shape index (κ3) is 3.64. The molecule has 148 valence electrons. The van der Waals surface area contributed by atoms with Crippen molar-refractivity contribution in [2.75, 3.05) is 19.4 Å². The summed E-state index contributed by atoms with van der Waals surface area (Å²) in [7, 11) is 1.39. The number of fused-ring (bicyclic) bond motifs is 1. The molecule has 29 heavy (non-hydrogen) atoms. The summed E-state index contributed by atoms with van der Waals surface area (Å²) in [5, 5.41) is 11.5. The van der Waals surface area contributed by atoms with Crippen molar-refractivity contribution in [3.63, 3.8) is 0 Å². The van der Waals surface area contributed by atoms with Crippen LogP contribution in [-0.4, -0.2) is 42.3 Å². The van der Waals surface area contributed by atoms with E-state index in [4.69, 9.17) is 10.5 Å². The van der Waals surface area contributed by atoms with Crippen molar-refractivity contribution in [2.45, 2.75) is 13.3 Å². The second-order valence-corrected chi connectivity index (χ2v) is 6.34. The van der Waals surface area contributed by atoms with Crippen LogP contribution in [0.25, 0.3) is 22.0 Å². The summed E-state index contributed by atoms with van der Waals surface area (Å²) in [4.78, 5) is 35.2. The number of methoxy groups -OCH3 is 1. The highest BCUT2D eigenvalue weighted by Crippen LogP contribution is 2.34. The van der Waals surface area contributed by atoms with Crippen molar-refractivity contribution in [1.29, 1.82) is 0 Å². The summed E-state index contributed by atoms with van der Waals surface area (Å²) < 4.78 is 5.18. The maximum Gasteiger partial charge on any atom is 0.273 e. The highest BCUT2D eigenvalue weighted by Gasteiger charge is 2.18. The number of aldehydes is 2. The van der Waals surface area contributed by atoms with Crippen LogP contribution >= 0.6 is 0 Å². The number of carbonyl (C=O) groups is 3. The van der Waals surface area contributed by atoms with E-state index in [9.17, 15) is 14.4 Å². The number of hydrogen-bond acceptors (Lipinski definition) is 7. The molecule has 8 nitrogen and oxygen atoms in total. The number of nitrogens with one attached hydrogen (secondary N) is 1. The molecule has 1 amide bonds. The summed E-state index contributed by atoms with van der Waals surface area (Å²) in [6, 6.07) is 8.48. The molecule has 3 N–H and O–H groups in total. The molecule has 0 unspecified atom stereocenters. The third-order valence-corrected chi connectivity index (χ3v) is 4.50. The second kappa shape index (κ2) is 8.47. The molecule has 3 rings (SSSR count). The number of nitrogen functional groups attached to an aromatic ring is 1. The van der Waals surface area contributed by atoms with Gasteiger partial charge in [-0.3, -0.25) is 14.4 Å². The van der Waals surface area contributed by atoms with Crippen molar-refractivity contribution >= 4 is 35.1 Å². The predicted molar refractivity (Wildman–Crippen MR) is 109 cm³/mol. The quantitative estimate of drug-likeness (QED) is 0.592. The molecule has 2 aromatic carbocycles. The first-order valence-electron chi connectivity index (χ1n) is 9.01. The van der Waals surface area contributed by atoms with Gasteiger partial charge >= 0.3 is 0 Å². The monoisotopic (exact) mass is 392 g/mol. The number of anilines is 1. The predicted octanol–water partition coefficient (Wildman–Crippen LogP) is 2.65. The van der Waals surface area contributed by atoms with Crippen molar-refractivity contribution in [3.05, 3.63) is 47.2 Å². The number of ether oxygens (including phenoxy) is 1. The van der Waals surface area contributed by atoms with Gasteiger partial charge in [-0.05, 0) is 24.1 Å². The number of benzene rings is 2. The van der Waals surface area contributed by atoms with Crippen LogP contribution in [0.3, 0.4) is 0 Å². The molecule has 0 atom stereocenters. The fraction of sp³-hybridized carbons (Fsp3) is 0.190. The lowest BCUT2D eigenvalue weighted by molar-refractivity contribution is 0.0948. The van der Waals surface area contributed by atoms with Gasteiger partial charge in [-0.15, -0.1) is 10.2 Å². The Hall–Kier alpha value is -3.81. The molecule has 0 aliphatic heterocycles. The minimum Gasteiger partial charge on any atom is -0.495 e. The SMILES string of the molecule is CCCNC(=O)c1nnc2c(-c3cc(C=O)c(OC)c(C=O)c3)cccc2c1N. The summed E-state index contributed by atoms with van der Waals surface area (Å²) in [6.45, 7) is 2.45. The fourth-order valence-electron chi connectivity index (χ4n) is 3.11. The molecule has 0 fully saturated rings. The molecular formula is C21H20N4O4. The lowest BCUT2D eigenvalue weighted by Gasteiger charge is -2.13. The van der Waals surface area contributed by atoms with Crippen LogP contribution in [0.4, 0.5) is 5.69 Å². The molecule has 0 saturated heterocycles. The van der Waals surface area contributed by atoms with Gasteiger partial charge in [-0.2, -0.15) is 0 Å². The maximum absolute atomic E-state index is 12.3. The van der Waals surface area contributed by atoms with Crippen molar-refractivity contribution in [1.82, 2.24) is 15.5 Å². The van der Waals surface area contributed by atoms with Crippen LogP contribution in [0.5, 0.6) is 5.75 Å². The average molecular weight is 392 g/mol. The summed E-state index contributed by atoms with van der Waals surface area (Å²) in [5.74, 6) is -0.181. The van der Waals surface area contributed by atoms with Crippen molar-refractivity contribution in [3.8, 4) is 16.9 Å². The van der Waals surface area contributed by atoms with Crippen molar-refractivity contribution < 1.29 is 19.1 Å². The van der Waals surface area contributed by atoms with Gasteiger partial charge in [0.1, 0.15) is 11.3 Å². The molecule has 0 radical (unpaired) electrons. The van der Waals surface area contributed by atoms with Gasteiger partial charge in [0, 0.05) is 17.5 Å². The zero-order valence-electron chi connectivity index (χ0n) is 16.1. The van der Waals surface area contributed by atoms with E-state index < -0.39 is 0 Å². The van der Waals surface area contributed by atoms with Crippen LogP contribution in [0.2, 0.25) is 0 Å². The minimum absolute atomic E-state index is 0.0555. The molecule has 0 saturated carbocycles. The van der Waals surface area contributed by atoms with Gasteiger partial charge in [0.05, 0.1) is 23.9 Å². The van der Waals surface area contributed by atoms with E-state index in [1.807, 2.05) is 6.92 Å². The summed E-state index contributed by atoms with van der Waals surface area (Å²) >= 11 is 0. The van der Waals surface area contributed by atoms with E-state index in [0.29, 0.717) is 41.1 Å². The van der Waals surface area contributed by atoms with Crippen LogP contribution in [0, 0.1) is 0 Å². The Bertz CT molecular complexity index is 1080. The number of carbonyl (C=O) groups excluding carboxylic acids is 3. The van der Waals surface area contributed by atoms with E-state index in [1.54, 1.807) is 30.3 Å². The Morgan fingerprint density at radius 1 is 1.17 bits per heavy atom. The second-order valence-electron chi connectivity index (χ2n) is 6.34. The number of aromatic nitrogens is 2. The van der Waals surface area contributed by atoms with Gasteiger partial charge in [0.15, 0.2) is 18.3 Å². The molecule has 1 aromatic heterocycles. The van der Waals surface area contributed by atoms with Crippen LogP contribution in [0.1, 0.15) is 44.5 Å². The first-order chi connectivity index (χ1) is 14.0. The molecule has 3 aromatic rings. The molecule has 0 spiro atoms. The molecular weight excluding hydrogens is 372 g/mol. The average Bonchev–Trinajstić information content (AvgIpc) is 2.76. The Morgan fingerprint density at radius 3 is 2.45 bits per heavy atom. The Morgan fingerprint density at radius 2 is 1.86 bits per heavy atom. The highest BCUT2D eigenvalue weighted by atomic mass is 16.5. The molecule has 8 heteroatoms. The smallest absolute Gasteiger partial charge is 0.273 e. The number of amides is 1. The molecule has 0 aliphatic rings. The minimum atomic E-state index is -0.389. The number of rotatable bonds is 7. The van der Waals surface area contributed by atoms with Crippen LogP contribution < -0.4 is 15.8 Å². The fourth-order valence-corrected chi connectivity index (χ4v) is 3.11. The zero-order chi connectivity index (χ0) is 21.0. The summed E-state index contributed by atoms with van der Waals surface area (Å²) in [6.07, 6.45) is 2.03. The lowest BCUT2D eigenvalue weighted by atomic mass is 9.97. The van der Waals surface area contributed by atoms with E-state index >= 15 is 0 Å². The van der Waals surface area contributed by atoms with Crippen LogP contribution in [0.15, 0.2) is 30.3 Å². The van der Waals surface area contributed by atoms with Gasteiger partial charge in [-0.1, -0.05) is 25.1 Å². The van der Waals surface area contributed by atoms with E-state index in [1.165, 1.54) is 7.11 Å². The van der Waals surface area contributed by atoms with Crippen molar-refractivity contribution in [2.24, 2.45) is 0 Å². The highest BCUT2D eigenvalue weighted by molar-refractivity contribution is 6.08. The van der Waals surface area contributed by atoms with Gasteiger partial charge < -0.3 is 15.8 Å². The molecule has 0 aliphatic carbocycles. The molecule has 1 heterocycles. The van der Waals surface area contributed by atoms with Gasteiger partial charge in [-0.25, -0.2) is 0 Å². The van der Waals surface area contributed by atoms with E-state index in [2.05, 4.69) is 15.5 Å². The molecule has 0 bridgehead atoms. The Balaban J connectivity index is 2.19. The zero-order valence-corrected chi connectivity index (χ0v) is 16.1. The maximum atomic E-state index is 12.3. The Kier molecular flexibility index (Phi) is 5.82. The van der Waals surface area contributed by atoms with Gasteiger partial charge in [0.2, 0.25) is 0 Å². The largest absolute Gasteiger partial charge is 0.495 e. The number of nitrogens with two attached hydrogens (primary N) is 1. The summed E-state index contributed by atoms with van der Waals surface area (Å²) in [5.41, 5.74) is 8.60. The topological polar surface area (TPSA) is 124 Å². The lowest BCUT2D eigenvalue weighted by Crippen LogP contribution is -2.26. The first kappa shape index (κ1) is 19.9. The first-order valence-corrected chi connectivity index (χ1v) is 9.01. The van der Waals surface area contributed by atoms with Gasteiger partial charge in [0.25, 0.3) is 5.91 Å².